The Kier molecular flexibility index (Phi) is 6.14. The molecule has 0 saturated carbocycles. The van der Waals surface area contributed by atoms with Crippen molar-refractivity contribution in [2.75, 3.05) is 4.90 Å². The van der Waals surface area contributed by atoms with Crippen molar-refractivity contribution in [1.29, 1.82) is 0 Å². The number of carboxylic acid groups (broad SMARTS) is 1. The Morgan fingerprint density at radius 2 is 1.31 bits per heavy atom. The van der Waals surface area contributed by atoms with Crippen molar-refractivity contribution in [3.05, 3.63) is 96.6 Å². The van der Waals surface area contributed by atoms with Crippen LogP contribution in [0.15, 0.2) is 91.0 Å². The molecule has 0 aliphatic rings. The van der Waals surface area contributed by atoms with Crippen LogP contribution in [-0.4, -0.2) is 22.8 Å². The van der Waals surface area contributed by atoms with Gasteiger partial charge in [0.1, 0.15) is 6.61 Å². The Morgan fingerprint density at radius 3 is 1.76 bits per heavy atom. The molecule has 2 N–H and O–H groups in total. The van der Waals surface area contributed by atoms with Gasteiger partial charge in [0.2, 0.25) is 5.66 Å². The first-order chi connectivity index (χ1) is 14.0. The van der Waals surface area contributed by atoms with E-state index in [9.17, 15) is 14.7 Å². The van der Waals surface area contributed by atoms with Gasteiger partial charge in [-0.05, 0) is 36.8 Å². The van der Waals surface area contributed by atoms with Crippen LogP contribution in [0.1, 0.15) is 12.5 Å². The summed E-state index contributed by atoms with van der Waals surface area (Å²) in [5, 5.41) is 12.6. The molecule has 1 amide bonds. The van der Waals surface area contributed by atoms with E-state index >= 15 is 0 Å². The summed E-state index contributed by atoms with van der Waals surface area (Å²) in [5.41, 5.74) is 0.262. The molecule has 0 unspecified atom stereocenters. The van der Waals surface area contributed by atoms with Crippen molar-refractivity contribution >= 4 is 23.4 Å². The molecule has 0 heterocycles. The number of ether oxygens (including phenoxy) is 1. The third-order valence-electron chi connectivity index (χ3n) is 4.45. The van der Waals surface area contributed by atoms with Gasteiger partial charge in [-0.2, -0.15) is 0 Å². The van der Waals surface area contributed by atoms with Crippen molar-refractivity contribution in [1.82, 2.24) is 5.32 Å². The predicted molar refractivity (Wildman–Crippen MR) is 111 cm³/mol. The summed E-state index contributed by atoms with van der Waals surface area (Å²) in [7, 11) is 0. The maximum absolute atomic E-state index is 12.5. The Balaban J connectivity index is 1.89. The van der Waals surface area contributed by atoms with E-state index in [0.717, 1.165) is 5.56 Å². The molecule has 29 heavy (non-hydrogen) atoms. The molecule has 6 nitrogen and oxygen atoms in total. The number of carbonyl (C=O) groups is 2. The monoisotopic (exact) mass is 390 g/mol. The smallest absolute Gasteiger partial charge is 0.409 e. The fraction of sp³-hybridized carbons (Fsp3) is 0.130. The molecular formula is C23H22N2O4. The molecule has 0 radical (unpaired) electrons. The summed E-state index contributed by atoms with van der Waals surface area (Å²) in [4.78, 5) is 26.3. The molecule has 0 aliphatic heterocycles. The van der Waals surface area contributed by atoms with Gasteiger partial charge >= 0.3 is 12.1 Å². The molecule has 3 aromatic rings. The molecule has 3 aromatic carbocycles. The summed E-state index contributed by atoms with van der Waals surface area (Å²) >= 11 is 0. The lowest BCUT2D eigenvalue weighted by Gasteiger charge is -2.39. The molecular weight excluding hydrogens is 368 g/mol. The molecule has 0 bridgehead atoms. The molecule has 3 rings (SSSR count). The summed E-state index contributed by atoms with van der Waals surface area (Å²) in [6.45, 7) is 1.47. The number of nitrogens with one attached hydrogen (secondary N) is 1. The van der Waals surface area contributed by atoms with Gasteiger partial charge in [-0.1, -0.05) is 66.7 Å². The zero-order chi connectivity index (χ0) is 20.7. The normalized spacial score (nSPS) is 12.4. The number of amides is 1. The quantitative estimate of drug-likeness (QED) is 0.579. The SMILES string of the molecule is C[C@@](NC(=O)OCc1ccccc1)(C(=O)O)N(c1ccccc1)c1ccccc1. The molecule has 0 aromatic heterocycles. The lowest BCUT2D eigenvalue weighted by molar-refractivity contribution is -0.143. The number of benzene rings is 3. The average molecular weight is 390 g/mol. The van der Waals surface area contributed by atoms with Gasteiger partial charge in [-0.15, -0.1) is 0 Å². The van der Waals surface area contributed by atoms with E-state index in [-0.39, 0.29) is 6.61 Å². The van der Waals surface area contributed by atoms with Crippen LogP contribution in [-0.2, 0) is 16.1 Å². The van der Waals surface area contributed by atoms with Gasteiger partial charge in [-0.3, -0.25) is 5.32 Å². The zero-order valence-electron chi connectivity index (χ0n) is 16.0. The van der Waals surface area contributed by atoms with Gasteiger partial charge in [0.25, 0.3) is 0 Å². The second-order valence-corrected chi connectivity index (χ2v) is 6.57. The zero-order valence-corrected chi connectivity index (χ0v) is 16.0. The predicted octanol–water partition coefficient (Wildman–Crippen LogP) is 4.55. The third kappa shape index (κ3) is 4.73. The lowest BCUT2D eigenvalue weighted by Crippen LogP contribution is -2.62. The number of rotatable bonds is 7. The van der Waals surface area contributed by atoms with Crippen molar-refractivity contribution in [2.24, 2.45) is 0 Å². The Bertz CT molecular complexity index is 909. The summed E-state index contributed by atoms with van der Waals surface area (Å²) in [6.07, 6.45) is -0.824. The van der Waals surface area contributed by atoms with Crippen LogP contribution < -0.4 is 10.2 Å². The van der Waals surface area contributed by atoms with E-state index in [0.29, 0.717) is 11.4 Å². The first-order valence-electron chi connectivity index (χ1n) is 9.13. The number of hydrogen-bond acceptors (Lipinski definition) is 4. The largest absolute Gasteiger partial charge is 0.478 e. The summed E-state index contributed by atoms with van der Waals surface area (Å²) < 4.78 is 5.26. The second kappa shape index (κ2) is 8.93. The minimum atomic E-state index is -1.78. The standard InChI is InChI=1S/C23H22N2O4/c1-23(21(26)27,24-22(28)29-17-18-11-5-2-6-12-18)25(19-13-7-3-8-14-19)20-15-9-4-10-16-20/h2-16H,17H2,1H3,(H,24,28)(H,26,27)/t23-/m0/s1. The van der Waals surface area contributed by atoms with Crippen LogP contribution in [0.2, 0.25) is 0 Å². The number of nitrogens with zero attached hydrogens (tertiary/aromatic N) is 1. The van der Waals surface area contributed by atoms with E-state index in [4.69, 9.17) is 4.74 Å². The first-order valence-corrected chi connectivity index (χ1v) is 9.13. The van der Waals surface area contributed by atoms with Crippen LogP contribution >= 0.6 is 0 Å². The Hall–Kier alpha value is -3.80. The highest BCUT2D eigenvalue weighted by Gasteiger charge is 2.43. The maximum atomic E-state index is 12.5. The van der Waals surface area contributed by atoms with Crippen molar-refractivity contribution in [3.8, 4) is 0 Å². The highest BCUT2D eigenvalue weighted by molar-refractivity contribution is 5.90. The Morgan fingerprint density at radius 1 is 0.862 bits per heavy atom. The van der Waals surface area contributed by atoms with E-state index in [1.165, 1.54) is 6.92 Å². The molecule has 6 heteroatoms. The van der Waals surface area contributed by atoms with Crippen LogP contribution in [0, 0.1) is 0 Å². The average Bonchev–Trinajstić information content (AvgIpc) is 2.74. The van der Waals surface area contributed by atoms with Crippen molar-refractivity contribution in [2.45, 2.75) is 19.2 Å². The van der Waals surface area contributed by atoms with Gasteiger partial charge in [-0.25, -0.2) is 9.59 Å². The van der Waals surface area contributed by atoms with Crippen LogP contribution in [0.3, 0.4) is 0 Å². The van der Waals surface area contributed by atoms with E-state index in [2.05, 4.69) is 5.32 Å². The number of alkyl carbamates (subject to hydrolysis) is 1. The van der Waals surface area contributed by atoms with Crippen LogP contribution in [0.25, 0.3) is 0 Å². The molecule has 148 valence electrons. The Labute approximate surface area is 169 Å². The van der Waals surface area contributed by atoms with Crippen LogP contribution in [0.4, 0.5) is 16.2 Å². The van der Waals surface area contributed by atoms with Crippen molar-refractivity contribution in [3.63, 3.8) is 0 Å². The van der Waals surface area contributed by atoms with Gasteiger partial charge in [0.05, 0.1) is 0 Å². The van der Waals surface area contributed by atoms with E-state index in [1.54, 1.807) is 53.4 Å². The highest BCUT2D eigenvalue weighted by Crippen LogP contribution is 2.32. The van der Waals surface area contributed by atoms with E-state index < -0.39 is 17.7 Å². The number of hydrogen-bond donors (Lipinski definition) is 2. The molecule has 0 aliphatic carbocycles. The topological polar surface area (TPSA) is 78.9 Å². The van der Waals surface area contributed by atoms with Crippen LogP contribution in [0.5, 0.6) is 0 Å². The summed E-state index contributed by atoms with van der Waals surface area (Å²) in [6, 6.07) is 27.2. The number of anilines is 2. The third-order valence-corrected chi connectivity index (χ3v) is 4.45. The minimum Gasteiger partial charge on any atom is -0.478 e. The fourth-order valence-electron chi connectivity index (χ4n) is 2.98. The van der Waals surface area contributed by atoms with Gasteiger partial charge in [0.15, 0.2) is 0 Å². The van der Waals surface area contributed by atoms with Crippen molar-refractivity contribution < 1.29 is 19.4 Å². The maximum Gasteiger partial charge on any atom is 0.409 e. The van der Waals surface area contributed by atoms with Gasteiger partial charge in [0, 0.05) is 11.4 Å². The molecule has 1 atom stereocenters. The highest BCUT2D eigenvalue weighted by atomic mass is 16.5. The number of para-hydroxylation sites is 2. The lowest BCUT2D eigenvalue weighted by atomic mass is 10.1. The minimum absolute atomic E-state index is 0.0407. The number of aliphatic carboxylic acids is 1. The molecule has 0 saturated heterocycles. The molecule has 0 fully saturated rings. The van der Waals surface area contributed by atoms with Gasteiger partial charge < -0.3 is 14.7 Å². The second-order valence-electron chi connectivity index (χ2n) is 6.57. The fourth-order valence-corrected chi connectivity index (χ4v) is 2.98. The summed E-state index contributed by atoms with van der Waals surface area (Å²) in [5.74, 6) is -1.22. The number of carboxylic acids is 1. The number of carbonyl (C=O) groups excluding carboxylic acids is 1. The molecule has 0 spiro atoms. The van der Waals surface area contributed by atoms with E-state index in [1.807, 2.05) is 42.5 Å². The first kappa shape index (κ1) is 19.9.